The maximum Gasteiger partial charge on any atom is 0.397 e. The molecular formula is C9H6BrClF3NO. The van der Waals surface area contributed by atoms with Gasteiger partial charge < -0.3 is 5.32 Å². The summed E-state index contributed by atoms with van der Waals surface area (Å²) < 4.78 is 36.1. The molecule has 0 aliphatic heterocycles. The summed E-state index contributed by atoms with van der Waals surface area (Å²) >= 11 is 8.71. The largest absolute Gasteiger partial charge is 0.397 e. The average molecular weight is 317 g/mol. The molecule has 0 saturated carbocycles. The first kappa shape index (κ1) is 13.3. The molecule has 0 heterocycles. The van der Waals surface area contributed by atoms with Crippen molar-refractivity contribution in [3.05, 3.63) is 27.7 Å². The van der Waals surface area contributed by atoms with E-state index in [0.717, 1.165) is 0 Å². The molecule has 1 aromatic rings. The molecule has 1 aromatic carbocycles. The van der Waals surface area contributed by atoms with Crippen LogP contribution in [0, 0.1) is 0 Å². The third-order valence-electron chi connectivity index (χ3n) is 1.57. The molecule has 2 nitrogen and oxygen atoms in total. The Hall–Kier alpha value is -0.750. The van der Waals surface area contributed by atoms with Gasteiger partial charge in [-0.25, -0.2) is 0 Å². The smallest absolute Gasteiger partial charge is 0.325 e. The molecule has 88 valence electrons. The molecule has 0 bridgehead atoms. The van der Waals surface area contributed by atoms with E-state index in [9.17, 15) is 18.0 Å². The Morgan fingerprint density at radius 1 is 1.44 bits per heavy atom. The lowest BCUT2D eigenvalue weighted by Crippen LogP contribution is -2.21. The summed E-state index contributed by atoms with van der Waals surface area (Å²) in [6.07, 6.45) is -6.02. The lowest BCUT2D eigenvalue weighted by Gasteiger charge is -2.09. The minimum Gasteiger partial charge on any atom is -0.325 e. The Morgan fingerprint density at radius 3 is 2.56 bits per heavy atom. The summed E-state index contributed by atoms with van der Waals surface area (Å²) in [5, 5.41) is 2.55. The topological polar surface area (TPSA) is 29.1 Å². The number of amides is 1. The van der Waals surface area contributed by atoms with E-state index in [1.165, 1.54) is 18.2 Å². The van der Waals surface area contributed by atoms with Gasteiger partial charge >= 0.3 is 6.18 Å². The van der Waals surface area contributed by atoms with Crippen molar-refractivity contribution >= 4 is 39.1 Å². The summed E-state index contributed by atoms with van der Waals surface area (Å²) in [5.74, 6) is -1.12. The van der Waals surface area contributed by atoms with Crippen molar-refractivity contribution in [1.29, 1.82) is 0 Å². The first-order valence-corrected chi connectivity index (χ1v) is 5.27. The number of hydrogen-bond donors (Lipinski definition) is 1. The van der Waals surface area contributed by atoms with Crippen LogP contribution in [0.5, 0.6) is 0 Å². The number of benzene rings is 1. The van der Waals surface area contributed by atoms with Gasteiger partial charge in [0.1, 0.15) is 6.42 Å². The molecule has 0 aromatic heterocycles. The molecule has 1 rings (SSSR count). The van der Waals surface area contributed by atoms with Gasteiger partial charge in [0.15, 0.2) is 0 Å². The van der Waals surface area contributed by atoms with Gasteiger partial charge in [-0.15, -0.1) is 0 Å². The molecule has 0 atom stereocenters. The molecule has 0 unspecified atom stereocenters. The van der Waals surface area contributed by atoms with Crippen LogP contribution in [0.25, 0.3) is 0 Å². The third kappa shape index (κ3) is 4.40. The van der Waals surface area contributed by atoms with Crippen LogP contribution in [-0.2, 0) is 4.79 Å². The molecule has 0 fully saturated rings. The van der Waals surface area contributed by atoms with Crippen molar-refractivity contribution < 1.29 is 18.0 Å². The van der Waals surface area contributed by atoms with E-state index in [1.54, 1.807) is 0 Å². The fourth-order valence-electron chi connectivity index (χ4n) is 0.967. The van der Waals surface area contributed by atoms with Gasteiger partial charge in [-0.3, -0.25) is 4.79 Å². The minimum atomic E-state index is -4.51. The average Bonchev–Trinajstić information content (AvgIpc) is 2.06. The van der Waals surface area contributed by atoms with Crippen LogP contribution >= 0.6 is 27.5 Å². The zero-order chi connectivity index (χ0) is 12.3. The van der Waals surface area contributed by atoms with E-state index in [2.05, 4.69) is 21.2 Å². The molecule has 1 N–H and O–H groups in total. The predicted octanol–water partition coefficient (Wildman–Crippen LogP) is 3.99. The van der Waals surface area contributed by atoms with Crippen LogP contribution < -0.4 is 5.32 Å². The van der Waals surface area contributed by atoms with Crippen LogP contribution in [-0.4, -0.2) is 12.1 Å². The van der Waals surface area contributed by atoms with Gasteiger partial charge in [0, 0.05) is 9.50 Å². The maximum atomic E-state index is 11.9. The van der Waals surface area contributed by atoms with Crippen molar-refractivity contribution in [2.45, 2.75) is 12.6 Å². The van der Waals surface area contributed by atoms with E-state index >= 15 is 0 Å². The number of halogens is 5. The summed E-state index contributed by atoms with van der Waals surface area (Å²) in [6, 6.07) is 4.36. The van der Waals surface area contributed by atoms with Crippen molar-refractivity contribution in [2.75, 3.05) is 5.32 Å². The highest BCUT2D eigenvalue weighted by atomic mass is 79.9. The Kier molecular flexibility index (Phi) is 4.21. The van der Waals surface area contributed by atoms with Crippen LogP contribution in [0.1, 0.15) is 6.42 Å². The number of rotatable bonds is 2. The second kappa shape index (κ2) is 5.05. The molecule has 0 saturated heterocycles. The molecular weight excluding hydrogens is 310 g/mol. The number of anilines is 1. The number of carbonyl (C=O) groups excluding carboxylic acids is 1. The van der Waals surface area contributed by atoms with Crippen LogP contribution in [0.3, 0.4) is 0 Å². The number of nitrogens with one attached hydrogen (secondary N) is 1. The standard InChI is InChI=1S/C9H6BrClF3NO/c10-6-3-5(11)1-2-7(6)15-8(16)4-9(12,13)14/h1-3H,4H2,(H,15,16). The number of carbonyl (C=O) groups is 1. The highest BCUT2D eigenvalue weighted by Crippen LogP contribution is 2.27. The van der Waals surface area contributed by atoms with Crippen LogP contribution in [0.15, 0.2) is 22.7 Å². The van der Waals surface area contributed by atoms with Crippen molar-refractivity contribution in [3.63, 3.8) is 0 Å². The SMILES string of the molecule is O=C(CC(F)(F)F)Nc1ccc(Cl)cc1Br. The zero-order valence-electron chi connectivity index (χ0n) is 7.74. The quantitative estimate of drug-likeness (QED) is 0.878. The molecule has 0 aliphatic rings. The van der Waals surface area contributed by atoms with Gasteiger partial charge in [-0.05, 0) is 34.1 Å². The molecule has 7 heteroatoms. The fourth-order valence-corrected chi connectivity index (χ4v) is 1.75. The summed E-state index contributed by atoms with van der Waals surface area (Å²) in [4.78, 5) is 11.0. The van der Waals surface area contributed by atoms with E-state index in [0.29, 0.717) is 9.50 Å². The van der Waals surface area contributed by atoms with Gasteiger partial charge in [-0.2, -0.15) is 13.2 Å². The predicted molar refractivity (Wildman–Crippen MR) is 58.5 cm³/mol. The van der Waals surface area contributed by atoms with Gasteiger partial charge in [0.2, 0.25) is 5.91 Å². The van der Waals surface area contributed by atoms with Crippen molar-refractivity contribution in [3.8, 4) is 0 Å². The lowest BCUT2D eigenvalue weighted by atomic mass is 10.3. The van der Waals surface area contributed by atoms with Gasteiger partial charge in [0.25, 0.3) is 0 Å². The highest BCUT2D eigenvalue weighted by molar-refractivity contribution is 9.10. The molecule has 0 radical (unpaired) electrons. The Morgan fingerprint density at radius 2 is 2.06 bits per heavy atom. The van der Waals surface area contributed by atoms with Crippen molar-refractivity contribution in [1.82, 2.24) is 0 Å². The van der Waals surface area contributed by atoms with E-state index in [-0.39, 0.29) is 5.69 Å². The first-order valence-electron chi connectivity index (χ1n) is 4.09. The summed E-state index contributed by atoms with van der Waals surface area (Å²) in [5.41, 5.74) is 0.249. The van der Waals surface area contributed by atoms with Gasteiger partial charge in [0.05, 0.1) is 5.69 Å². The minimum absolute atomic E-state index is 0.249. The third-order valence-corrected chi connectivity index (χ3v) is 2.46. The molecule has 0 spiro atoms. The second-order valence-electron chi connectivity index (χ2n) is 2.96. The Balaban J connectivity index is 2.70. The fraction of sp³-hybridized carbons (Fsp3) is 0.222. The number of hydrogen-bond acceptors (Lipinski definition) is 1. The summed E-state index contributed by atoms with van der Waals surface area (Å²) in [6.45, 7) is 0. The Labute approximate surface area is 103 Å². The molecule has 1 amide bonds. The highest BCUT2D eigenvalue weighted by Gasteiger charge is 2.31. The van der Waals surface area contributed by atoms with Crippen LogP contribution in [0.4, 0.5) is 18.9 Å². The zero-order valence-corrected chi connectivity index (χ0v) is 10.1. The normalized spacial score (nSPS) is 11.3. The Bertz CT molecular complexity index is 408. The van der Waals surface area contributed by atoms with E-state index in [1.807, 2.05) is 0 Å². The van der Waals surface area contributed by atoms with Gasteiger partial charge in [-0.1, -0.05) is 11.6 Å². The summed E-state index contributed by atoms with van der Waals surface area (Å²) in [7, 11) is 0. The first-order chi connectivity index (χ1) is 7.28. The lowest BCUT2D eigenvalue weighted by molar-refractivity contribution is -0.150. The van der Waals surface area contributed by atoms with Crippen molar-refractivity contribution in [2.24, 2.45) is 0 Å². The van der Waals surface area contributed by atoms with E-state index in [4.69, 9.17) is 11.6 Å². The molecule has 0 aliphatic carbocycles. The monoisotopic (exact) mass is 315 g/mol. The molecule has 16 heavy (non-hydrogen) atoms. The van der Waals surface area contributed by atoms with Crippen LogP contribution in [0.2, 0.25) is 5.02 Å². The second-order valence-corrected chi connectivity index (χ2v) is 4.26. The number of alkyl halides is 3. The maximum absolute atomic E-state index is 11.9. The van der Waals surface area contributed by atoms with E-state index < -0.39 is 18.5 Å².